The van der Waals surface area contributed by atoms with Crippen molar-refractivity contribution in [3.05, 3.63) is 143 Å². The van der Waals surface area contributed by atoms with Gasteiger partial charge in [0.05, 0.1) is 15.8 Å². The van der Waals surface area contributed by atoms with E-state index in [4.69, 9.17) is 11.6 Å². The molecule has 0 N–H and O–H groups in total. The van der Waals surface area contributed by atoms with E-state index in [2.05, 4.69) is 117 Å². The van der Waals surface area contributed by atoms with E-state index in [-0.39, 0.29) is 0 Å². The fourth-order valence-corrected chi connectivity index (χ4v) is 4.77. The second-order valence-electron chi connectivity index (χ2n) is 7.76. The molecule has 5 aromatic carbocycles. The van der Waals surface area contributed by atoms with E-state index in [1.165, 1.54) is 0 Å². The van der Waals surface area contributed by atoms with Gasteiger partial charge in [-0.25, -0.2) is 0 Å². The SMILES string of the molecule is Clc1ccc(N(c2ccccc2)c2cccc(N(c3ccccc3)c3ccccc3)c2Br)cc1. The lowest BCUT2D eigenvalue weighted by atomic mass is 10.1. The first-order chi connectivity index (χ1) is 16.7. The summed E-state index contributed by atoms with van der Waals surface area (Å²) in [6.45, 7) is 0. The molecule has 0 fully saturated rings. The van der Waals surface area contributed by atoms with E-state index in [1.54, 1.807) is 0 Å². The maximum atomic E-state index is 6.21. The summed E-state index contributed by atoms with van der Waals surface area (Å²) >= 11 is 10.2. The highest BCUT2D eigenvalue weighted by molar-refractivity contribution is 9.10. The first kappa shape index (κ1) is 22.3. The summed E-state index contributed by atoms with van der Waals surface area (Å²) in [4.78, 5) is 4.50. The molecule has 0 aliphatic carbocycles. The van der Waals surface area contributed by atoms with Gasteiger partial charge in [0, 0.05) is 27.8 Å². The first-order valence-corrected chi connectivity index (χ1v) is 12.2. The van der Waals surface area contributed by atoms with Gasteiger partial charge in [-0.3, -0.25) is 0 Å². The quantitative estimate of drug-likeness (QED) is 0.217. The number of hydrogen-bond donors (Lipinski definition) is 0. The van der Waals surface area contributed by atoms with Crippen LogP contribution in [0.4, 0.5) is 34.1 Å². The van der Waals surface area contributed by atoms with Crippen molar-refractivity contribution in [1.29, 1.82) is 0 Å². The molecule has 0 saturated carbocycles. The third-order valence-electron chi connectivity index (χ3n) is 5.57. The predicted molar refractivity (Wildman–Crippen MR) is 149 cm³/mol. The Morgan fingerprint density at radius 2 is 0.765 bits per heavy atom. The Morgan fingerprint density at radius 3 is 1.15 bits per heavy atom. The van der Waals surface area contributed by atoms with Crippen LogP contribution in [0.5, 0.6) is 0 Å². The molecule has 4 heteroatoms. The lowest BCUT2D eigenvalue weighted by Gasteiger charge is -2.31. The zero-order valence-corrected chi connectivity index (χ0v) is 20.7. The lowest BCUT2D eigenvalue weighted by molar-refractivity contribution is 1.23. The molecular formula is C30H22BrClN2. The van der Waals surface area contributed by atoms with Crippen LogP contribution in [-0.4, -0.2) is 0 Å². The smallest absolute Gasteiger partial charge is 0.0656 e. The van der Waals surface area contributed by atoms with Crippen molar-refractivity contribution < 1.29 is 0 Å². The van der Waals surface area contributed by atoms with Crippen molar-refractivity contribution in [2.45, 2.75) is 0 Å². The molecular weight excluding hydrogens is 504 g/mol. The van der Waals surface area contributed by atoms with Crippen LogP contribution in [0.15, 0.2) is 138 Å². The molecule has 0 saturated heterocycles. The normalized spacial score (nSPS) is 10.6. The second kappa shape index (κ2) is 10.2. The van der Waals surface area contributed by atoms with Gasteiger partial charge in [0.1, 0.15) is 0 Å². The first-order valence-electron chi connectivity index (χ1n) is 11.0. The lowest BCUT2D eigenvalue weighted by Crippen LogP contribution is -2.14. The molecule has 0 aliphatic rings. The molecule has 166 valence electrons. The van der Waals surface area contributed by atoms with Gasteiger partial charge in [-0.05, 0) is 88.7 Å². The maximum Gasteiger partial charge on any atom is 0.0656 e. The Kier molecular flexibility index (Phi) is 6.66. The van der Waals surface area contributed by atoms with Gasteiger partial charge in [-0.1, -0.05) is 72.3 Å². The van der Waals surface area contributed by atoms with E-state index in [0.29, 0.717) is 5.02 Å². The molecule has 0 radical (unpaired) electrons. The molecule has 5 rings (SSSR count). The van der Waals surface area contributed by atoms with Crippen molar-refractivity contribution in [1.82, 2.24) is 0 Å². The molecule has 0 bridgehead atoms. The van der Waals surface area contributed by atoms with Gasteiger partial charge in [0.2, 0.25) is 0 Å². The van der Waals surface area contributed by atoms with Crippen LogP contribution in [0.2, 0.25) is 5.02 Å². The minimum absolute atomic E-state index is 0.712. The van der Waals surface area contributed by atoms with Crippen molar-refractivity contribution in [2.24, 2.45) is 0 Å². The van der Waals surface area contributed by atoms with Crippen LogP contribution in [0.1, 0.15) is 0 Å². The summed E-state index contributed by atoms with van der Waals surface area (Å²) < 4.78 is 0.988. The van der Waals surface area contributed by atoms with Crippen LogP contribution in [-0.2, 0) is 0 Å². The van der Waals surface area contributed by atoms with E-state index in [9.17, 15) is 0 Å². The summed E-state index contributed by atoms with van der Waals surface area (Å²) in [5.41, 5.74) is 6.34. The summed E-state index contributed by atoms with van der Waals surface area (Å²) in [7, 11) is 0. The molecule has 0 aromatic heterocycles. The Hall–Kier alpha value is -3.53. The largest absolute Gasteiger partial charge is 0.309 e. The second-order valence-corrected chi connectivity index (χ2v) is 8.99. The van der Waals surface area contributed by atoms with Gasteiger partial charge in [0.15, 0.2) is 0 Å². The van der Waals surface area contributed by atoms with Gasteiger partial charge in [0.25, 0.3) is 0 Å². The Labute approximate surface area is 213 Å². The van der Waals surface area contributed by atoms with Gasteiger partial charge >= 0.3 is 0 Å². The standard InChI is InChI=1S/C30H22BrClN2/c31-30-28(33(24-11-4-1-5-12-24)25-13-6-2-7-14-25)17-10-18-29(30)34(26-15-8-3-9-16-26)27-21-19-23(32)20-22-27/h1-22H. The van der Waals surface area contributed by atoms with Crippen molar-refractivity contribution in [2.75, 3.05) is 9.80 Å². The molecule has 2 nitrogen and oxygen atoms in total. The summed E-state index contributed by atoms with van der Waals surface area (Å²) in [5.74, 6) is 0. The maximum absolute atomic E-state index is 6.21. The fraction of sp³-hybridized carbons (Fsp3) is 0. The molecule has 0 unspecified atom stereocenters. The van der Waals surface area contributed by atoms with E-state index < -0.39 is 0 Å². The summed E-state index contributed by atoms with van der Waals surface area (Å²) in [6.07, 6.45) is 0. The Morgan fingerprint density at radius 1 is 0.412 bits per heavy atom. The van der Waals surface area contributed by atoms with Gasteiger partial charge < -0.3 is 9.80 Å². The third-order valence-corrected chi connectivity index (χ3v) is 6.63. The van der Waals surface area contributed by atoms with Crippen molar-refractivity contribution in [3.63, 3.8) is 0 Å². The fourth-order valence-electron chi connectivity index (χ4n) is 4.03. The topological polar surface area (TPSA) is 6.48 Å². The van der Waals surface area contributed by atoms with Gasteiger partial charge in [-0.2, -0.15) is 0 Å². The van der Waals surface area contributed by atoms with Crippen LogP contribution in [0.25, 0.3) is 0 Å². The molecule has 0 spiro atoms. The van der Waals surface area contributed by atoms with Crippen LogP contribution >= 0.6 is 27.5 Å². The zero-order valence-electron chi connectivity index (χ0n) is 18.4. The number of halogens is 2. The molecule has 34 heavy (non-hydrogen) atoms. The Balaban J connectivity index is 1.70. The number of benzene rings is 5. The number of hydrogen-bond acceptors (Lipinski definition) is 2. The van der Waals surface area contributed by atoms with E-state index in [1.807, 2.05) is 42.5 Å². The zero-order chi connectivity index (χ0) is 23.3. The number of anilines is 6. The van der Waals surface area contributed by atoms with Crippen LogP contribution in [0, 0.1) is 0 Å². The van der Waals surface area contributed by atoms with E-state index in [0.717, 1.165) is 38.6 Å². The number of para-hydroxylation sites is 3. The minimum atomic E-state index is 0.712. The predicted octanol–water partition coefficient (Wildman–Crippen LogP) is 10.0. The average Bonchev–Trinajstić information content (AvgIpc) is 2.89. The molecule has 0 heterocycles. The molecule has 0 amide bonds. The highest BCUT2D eigenvalue weighted by Gasteiger charge is 2.21. The van der Waals surface area contributed by atoms with E-state index >= 15 is 0 Å². The highest BCUT2D eigenvalue weighted by atomic mass is 79.9. The van der Waals surface area contributed by atoms with Crippen molar-refractivity contribution >= 4 is 61.7 Å². The Bertz CT molecular complexity index is 1320. The average molecular weight is 526 g/mol. The summed E-state index contributed by atoms with van der Waals surface area (Å²) in [5, 5.41) is 0.712. The van der Waals surface area contributed by atoms with Gasteiger partial charge in [-0.15, -0.1) is 0 Å². The summed E-state index contributed by atoms with van der Waals surface area (Å²) in [6, 6.07) is 45.5. The number of nitrogens with zero attached hydrogens (tertiary/aromatic N) is 2. The number of rotatable bonds is 6. The van der Waals surface area contributed by atoms with Crippen LogP contribution in [0.3, 0.4) is 0 Å². The molecule has 0 atom stereocenters. The third kappa shape index (κ3) is 4.58. The monoisotopic (exact) mass is 524 g/mol. The van der Waals surface area contributed by atoms with Crippen LogP contribution < -0.4 is 9.80 Å². The highest BCUT2D eigenvalue weighted by Crippen LogP contribution is 2.46. The minimum Gasteiger partial charge on any atom is -0.309 e. The van der Waals surface area contributed by atoms with Crippen molar-refractivity contribution in [3.8, 4) is 0 Å². The molecule has 5 aromatic rings. The molecule has 0 aliphatic heterocycles.